The Balaban J connectivity index is 1.80. The fraction of sp³-hybridized carbons (Fsp3) is 0.579. The SMILES string of the molecule is CCC1CCCCN1C(=O)C(C)SCC(=O)Nc1ccc(C)cc1. The van der Waals surface area contributed by atoms with Crippen molar-refractivity contribution in [1.82, 2.24) is 4.90 Å². The van der Waals surface area contributed by atoms with Crippen LogP contribution in [-0.4, -0.2) is 40.3 Å². The van der Waals surface area contributed by atoms with Crippen LogP contribution >= 0.6 is 11.8 Å². The molecule has 1 heterocycles. The first-order chi connectivity index (χ1) is 11.5. The summed E-state index contributed by atoms with van der Waals surface area (Å²) in [7, 11) is 0. The summed E-state index contributed by atoms with van der Waals surface area (Å²) >= 11 is 1.42. The fourth-order valence-electron chi connectivity index (χ4n) is 3.05. The molecule has 5 heteroatoms. The van der Waals surface area contributed by atoms with Crippen LogP contribution in [0.5, 0.6) is 0 Å². The van der Waals surface area contributed by atoms with Gasteiger partial charge in [-0.1, -0.05) is 24.6 Å². The number of likely N-dealkylation sites (tertiary alicyclic amines) is 1. The highest BCUT2D eigenvalue weighted by atomic mass is 32.2. The number of hydrogen-bond donors (Lipinski definition) is 1. The zero-order valence-corrected chi connectivity index (χ0v) is 15.7. The van der Waals surface area contributed by atoms with Crippen LogP contribution in [-0.2, 0) is 9.59 Å². The van der Waals surface area contributed by atoms with E-state index in [1.54, 1.807) is 0 Å². The van der Waals surface area contributed by atoms with Crippen LogP contribution in [0.3, 0.4) is 0 Å². The summed E-state index contributed by atoms with van der Waals surface area (Å²) in [4.78, 5) is 26.7. The number of rotatable bonds is 6. The van der Waals surface area contributed by atoms with Gasteiger partial charge < -0.3 is 10.2 Å². The summed E-state index contributed by atoms with van der Waals surface area (Å²) in [5, 5.41) is 2.70. The van der Waals surface area contributed by atoms with Gasteiger partial charge in [0.05, 0.1) is 11.0 Å². The Morgan fingerprint density at radius 3 is 2.67 bits per heavy atom. The molecule has 1 saturated heterocycles. The molecule has 0 spiro atoms. The van der Waals surface area contributed by atoms with Crippen LogP contribution in [0.15, 0.2) is 24.3 Å². The zero-order chi connectivity index (χ0) is 17.5. The Kier molecular flexibility index (Phi) is 7.16. The van der Waals surface area contributed by atoms with Crippen molar-refractivity contribution in [3.05, 3.63) is 29.8 Å². The second-order valence-electron chi connectivity index (χ2n) is 6.46. The summed E-state index contributed by atoms with van der Waals surface area (Å²) in [6, 6.07) is 8.10. The predicted octanol–water partition coefficient (Wildman–Crippen LogP) is 3.85. The number of aryl methyl sites for hydroxylation is 1. The molecule has 2 rings (SSSR count). The average Bonchev–Trinajstić information content (AvgIpc) is 2.61. The third-order valence-corrected chi connectivity index (χ3v) is 5.66. The van der Waals surface area contributed by atoms with E-state index >= 15 is 0 Å². The molecule has 1 fully saturated rings. The maximum Gasteiger partial charge on any atom is 0.235 e. The van der Waals surface area contributed by atoms with E-state index in [4.69, 9.17) is 0 Å². The molecule has 1 aromatic carbocycles. The lowest BCUT2D eigenvalue weighted by Crippen LogP contribution is -2.46. The van der Waals surface area contributed by atoms with Gasteiger partial charge in [0.15, 0.2) is 0 Å². The number of nitrogens with zero attached hydrogens (tertiary/aromatic N) is 1. The van der Waals surface area contributed by atoms with Gasteiger partial charge in [0.2, 0.25) is 11.8 Å². The molecule has 0 saturated carbocycles. The minimum Gasteiger partial charge on any atom is -0.339 e. The third kappa shape index (κ3) is 5.26. The molecule has 1 aliphatic rings. The van der Waals surface area contributed by atoms with E-state index in [-0.39, 0.29) is 17.1 Å². The molecule has 1 aliphatic heterocycles. The number of carbonyl (C=O) groups is 2. The lowest BCUT2D eigenvalue weighted by molar-refractivity contribution is -0.134. The lowest BCUT2D eigenvalue weighted by Gasteiger charge is -2.36. The van der Waals surface area contributed by atoms with E-state index in [9.17, 15) is 9.59 Å². The Morgan fingerprint density at radius 2 is 2.00 bits per heavy atom. The fourth-order valence-corrected chi connectivity index (χ4v) is 3.81. The topological polar surface area (TPSA) is 49.4 Å². The van der Waals surface area contributed by atoms with Crippen LogP contribution in [0, 0.1) is 6.92 Å². The average molecular weight is 349 g/mol. The predicted molar refractivity (Wildman–Crippen MR) is 101 cm³/mol. The van der Waals surface area contributed by atoms with Gasteiger partial charge in [0.1, 0.15) is 0 Å². The molecule has 1 aromatic rings. The summed E-state index contributed by atoms with van der Waals surface area (Å²) in [6.45, 7) is 6.92. The largest absolute Gasteiger partial charge is 0.339 e. The number of nitrogens with one attached hydrogen (secondary N) is 1. The van der Waals surface area contributed by atoms with Gasteiger partial charge in [-0.05, 0) is 51.7 Å². The zero-order valence-electron chi connectivity index (χ0n) is 14.9. The first-order valence-corrected chi connectivity index (χ1v) is 9.84. The van der Waals surface area contributed by atoms with Crippen molar-refractivity contribution in [2.75, 3.05) is 17.6 Å². The summed E-state index contributed by atoms with van der Waals surface area (Å²) in [5.74, 6) is 0.412. The monoisotopic (exact) mass is 348 g/mol. The van der Waals surface area contributed by atoms with Crippen LogP contribution < -0.4 is 5.32 Å². The number of benzene rings is 1. The van der Waals surface area contributed by atoms with Crippen molar-refractivity contribution in [1.29, 1.82) is 0 Å². The first-order valence-electron chi connectivity index (χ1n) is 8.80. The molecule has 0 bridgehead atoms. The van der Waals surface area contributed by atoms with Gasteiger partial charge in [0, 0.05) is 18.3 Å². The maximum absolute atomic E-state index is 12.6. The van der Waals surface area contributed by atoms with Gasteiger partial charge in [-0.3, -0.25) is 9.59 Å². The standard InChI is InChI=1S/C19H28N2O2S/c1-4-17-7-5-6-12-21(17)19(23)15(3)24-13-18(22)20-16-10-8-14(2)9-11-16/h8-11,15,17H,4-7,12-13H2,1-3H3,(H,20,22). The summed E-state index contributed by atoms with van der Waals surface area (Å²) < 4.78 is 0. The number of anilines is 1. The Hall–Kier alpha value is -1.49. The number of hydrogen-bond acceptors (Lipinski definition) is 3. The Bertz CT molecular complexity index is 559. The number of thioether (sulfide) groups is 1. The van der Waals surface area contributed by atoms with Crippen molar-refractivity contribution < 1.29 is 9.59 Å². The lowest BCUT2D eigenvalue weighted by atomic mass is 10.00. The molecule has 2 atom stereocenters. The van der Waals surface area contributed by atoms with Gasteiger partial charge >= 0.3 is 0 Å². The third-order valence-electron chi connectivity index (χ3n) is 4.53. The van der Waals surface area contributed by atoms with Crippen molar-refractivity contribution in [2.45, 2.75) is 57.7 Å². The van der Waals surface area contributed by atoms with Crippen LogP contribution in [0.2, 0.25) is 0 Å². The molecular formula is C19H28N2O2S. The number of piperidine rings is 1. The molecule has 1 N–H and O–H groups in total. The van der Waals surface area contributed by atoms with Gasteiger partial charge in [0.25, 0.3) is 0 Å². The van der Waals surface area contributed by atoms with E-state index in [1.807, 2.05) is 43.0 Å². The molecule has 2 amide bonds. The van der Waals surface area contributed by atoms with E-state index in [0.29, 0.717) is 11.8 Å². The second kappa shape index (κ2) is 9.11. The minimum atomic E-state index is -0.180. The molecular weight excluding hydrogens is 320 g/mol. The van der Waals surface area contributed by atoms with Crippen molar-refractivity contribution >= 4 is 29.3 Å². The smallest absolute Gasteiger partial charge is 0.235 e. The Morgan fingerprint density at radius 1 is 1.29 bits per heavy atom. The normalized spacial score (nSPS) is 19.0. The van der Waals surface area contributed by atoms with Crippen LogP contribution in [0.1, 0.15) is 45.1 Å². The Labute approximate surface area is 149 Å². The highest BCUT2D eigenvalue weighted by molar-refractivity contribution is 8.01. The van der Waals surface area contributed by atoms with Crippen molar-refractivity contribution in [3.8, 4) is 0 Å². The molecule has 0 radical (unpaired) electrons. The van der Waals surface area contributed by atoms with Crippen LogP contribution in [0.4, 0.5) is 5.69 Å². The molecule has 4 nitrogen and oxygen atoms in total. The molecule has 132 valence electrons. The van der Waals surface area contributed by atoms with Gasteiger partial charge in [-0.2, -0.15) is 0 Å². The highest BCUT2D eigenvalue weighted by Crippen LogP contribution is 2.23. The summed E-state index contributed by atoms with van der Waals surface area (Å²) in [5.41, 5.74) is 1.96. The molecule has 0 aliphatic carbocycles. The van der Waals surface area contributed by atoms with E-state index in [0.717, 1.165) is 37.1 Å². The summed E-state index contributed by atoms with van der Waals surface area (Å²) in [6.07, 6.45) is 4.42. The molecule has 24 heavy (non-hydrogen) atoms. The number of carbonyl (C=O) groups excluding carboxylic acids is 2. The van der Waals surface area contributed by atoms with Gasteiger partial charge in [-0.25, -0.2) is 0 Å². The minimum absolute atomic E-state index is 0.0609. The van der Waals surface area contributed by atoms with Crippen molar-refractivity contribution in [3.63, 3.8) is 0 Å². The van der Waals surface area contributed by atoms with E-state index in [1.165, 1.54) is 18.2 Å². The number of amides is 2. The second-order valence-corrected chi connectivity index (χ2v) is 7.79. The quantitative estimate of drug-likeness (QED) is 0.849. The highest BCUT2D eigenvalue weighted by Gasteiger charge is 2.28. The van der Waals surface area contributed by atoms with Crippen LogP contribution in [0.25, 0.3) is 0 Å². The van der Waals surface area contributed by atoms with Crippen molar-refractivity contribution in [2.24, 2.45) is 0 Å². The molecule has 0 aromatic heterocycles. The van der Waals surface area contributed by atoms with E-state index in [2.05, 4.69) is 12.2 Å². The maximum atomic E-state index is 12.6. The van der Waals surface area contributed by atoms with Gasteiger partial charge in [-0.15, -0.1) is 11.8 Å². The first kappa shape index (κ1) is 18.8. The van der Waals surface area contributed by atoms with E-state index < -0.39 is 0 Å². The molecule has 2 unspecified atom stereocenters.